The zero-order valence-corrected chi connectivity index (χ0v) is 28.8. The van der Waals surface area contributed by atoms with E-state index in [-0.39, 0.29) is 24.4 Å². The van der Waals surface area contributed by atoms with Crippen LogP contribution in [0.25, 0.3) is 0 Å². The van der Waals surface area contributed by atoms with Gasteiger partial charge in [-0.3, -0.25) is 0 Å². The van der Waals surface area contributed by atoms with Crippen LogP contribution in [0.3, 0.4) is 0 Å². The zero-order valence-electron chi connectivity index (χ0n) is 28.8. The van der Waals surface area contributed by atoms with E-state index in [0.29, 0.717) is 86.4 Å². The Morgan fingerprint density at radius 3 is 1.30 bits per heavy atom. The average Bonchev–Trinajstić information content (AvgIpc) is 3.01. The number of hydrogen-bond donors (Lipinski definition) is 0. The van der Waals surface area contributed by atoms with Crippen molar-refractivity contribution in [1.82, 2.24) is 9.80 Å². The summed E-state index contributed by atoms with van der Waals surface area (Å²) < 4.78 is 45.9. The van der Waals surface area contributed by atoms with Gasteiger partial charge in [0.25, 0.3) is 0 Å². The van der Waals surface area contributed by atoms with Crippen LogP contribution in [0.2, 0.25) is 0 Å². The fourth-order valence-corrected chi connectivity index (χ4v) is 5.10. The maximum Gasteiger partial charge on any atom is 0.658 e. The van der Waals surface area contributed by atoms with E-state index in [1.54, 1.807) is 60.4 Å². The highest BCUT2D eigenvalue weighted by molar-refractivity contribution is 6.20. The third-order valence-electron chi connectivity index (χ3n) is 7.41. The van der Waals surface area contributed by atoms with Crippen molar-refractivity contribution in [1.29, 1.82) is 0 Å². The second-order valence-electron chi connectivity index (χ2n) is 13.5. The van der Waals surface area contributed by atoms with Gasteiger partial charge in [-0.25, -0.2) is 9.59 Å². The molecule has 2 aliphatic heterocycles. The van der Waals surface area contributed by atoms with Crippen LogP contribution in [0.15, 0.2) is 36.4 Å². The maximum atomic E-state index is 12.4. The molecule has 0 atom stereocenters. The number of benzene rings is 2. The van der Waals surface area contributed by atoms with Crippen LogP contribution in [0.5, 0.6) is 34.5 Å². The molecule has 2 aliphatic rings. The topological polar surface area (TPSA) is 114 Å². The number of hydrogen-bond acceptors (Lipinski definition) is 10. The molecule has 0 spiro atoms. The smallest absolute Gasteiger partial charge is 0.526 e. The Labute approximate surface area is 278 Å². The first-order chi connectivity index (χ1) is 22.2. The highest BCUT2D eigenvalue weighted by Crippen LogP contribution is 2.35. The molecular weight excluding hydrogens is 607 g/mol. The lowest BCUT2D eigenvalue weighted by Crippen LogP contribution is -2.44. The summed E-state index contributed by atoms with van der Waals surface area (Å²) in [6.45, 7) is 13.4. The summed E-state index contributed by atoms with van der Waals surface area (Å²) in [5.74, 6) is 3.22. The normalized spacial score (nSPS) is 16.2. The first kappa shape index (κ1) is 35.7. The molecule has 12 nitrogen and oxygen atoms in total. The van der Waals surface area contributed by atoms with E-state index in [0.717, 1.165) is 0 Å². The van der Waals surface area contributed by atoms with E-state index < -0.39 is 11.2 Å². The van der Waals surface area contributed by atoms with E-state index >= 15 is 0 Å². The van der Waals surface area contributed by atoms with Crippen LogP contribution in [-0.4, -0.2) is 93.5 Å². The lowest BCUT2D eigenvalue weighted by Gasteiger charge is -2.33. The van der Waals surface area contributed by atoms with Gasteiger partial charge in [-0.2, -0.15) is 0 Å². The second-order valence-corrected chi connectivity index (χ2v) is 13.5. The van der Waals surface area contributed by atoms with Gasteiger partial charge in [0.15, 0.2) is 23.0 Å². The SMILES string of the molecule is COc1cc(O[B]Oc2ccc(OC3CCN(C(=O)OC(C)(C)C)CC3)c(OC)c2)ccc1OC1CCN(C(=O)OC(C)(C)C)CC1. The Bertz CT molecular complexity index is 1240. The zero-order chi connectivity index (χ0) is 34.2. The van der Waals surface area contributed by atoms with Gasteiger partial charge in [0.2, 0.25) is 0 Å². The van der Waals surface area contributed by atoms with Crippen molar-refractivity contribution < 1.29 is 47.3 Å². The van der Waals surface area contributed by atoms with Gasteiger partial charge in [-0.15, -0.1) is 0 Å². The molecule has 0 bridgehead atoms. The summed E-state index contributed by atoms with van der Waals surface area (Å²) in [6.07, 6.45) is 2.01. The van der Waals surface area contributed by atoms with Gasteiger partial charge in [-0.05, 0) is 65.8 Å². The Morgan fingerprint density at radius 1 is 0.617 bits per heavy atom. The van der Waals surface area contributed by atoms with Gasteiger partial charge >= 0.3 is 19.9 Å². The molecule has 1 radical (unpaired) electrons. The van der Waals surface area contributed by atoms with Crippen molar-refractivity contribution in [3.8, 4) is 34.5 Å². The Morgan fingerprint density at radius 2 is 0.979 bits per heavy atom. The van der Waals surface area contributed by atoms with E-state index in [1.807, 2.05) is 41.5 Å². The number of methoxy groups -OCH3 is 2. The largest absolute Gasteiger partial charge is 0.658 e. The predicted molar refractivity (Wildman–Crippen MR) is 176 cm³/mol. The first-order valence-electron chi connectivity index (χ1n) is 16.0. The molecule has 0 N–H and O–H groups in total. The molecule has 2 aromatic carbocycles. The maximum absolute atomic E-state index is 12.4. The van der Waals surface area contributed by atoms with Crippen LogP contribution < -0.4 is 28.3 Å². The molecule has 2 aromatic rings. The summed E-state index contributed by atoms with van der Waals surface area (Å²) in [7, 11) is 4.36. The number of carbonyl (C=O) groups is 2. The van der Waals surface area contributed by atoms with Gasteiger partial charge in [-0.1, -0.05) is 0 Å². The molecular formula is C34H48BN2O10. The molecule has 0 saturated carbocycles. The van der Waals surface area contributed by atoms with E-state index in [9.17, 15) is 9.59 Å². The number of carbonyl (C=O) groups excluding carboxylic acids is 2. The molecule has 13 heteroatoms. The monoisotopic (exact) mass is 655 g/mol. The molecule has 2 heterocycles. The third-order valence-corrected chi connectivity index (χ3v) is 7.41. The standard InChI is InChI=1S/C34H48BN2O10/c1-33(2,3)44-31(38)36-17-13-23(14-18-36)42-27-11-9-25(21-29(27)40-7)46-35-47-26-10-12-28(30(22-26)41-8)43-24-15-19-37(20-16-24)32(39)45-34(4,5)6/h9-12,21-24H,13-20H2,1-8H3. The second kappa shape index (κ2) is 15.6. The Kier molecular flexibility index (Phi) is 11.9. The van der Waals surface area contributed by atoms with Crippen LogP contribution >= 0.6 is 0 Å². The van der Waals surface area contributed by atoms with Crippen molar-refractivity contribution in [3.05, 3.63) is 36.4 Å². The highest BCUT2D eigenvalue weighted by Gasteiger charge is 2.29. The minimum atomic E-state index is -0.525. The molecule has 257 valence electrons. The predicted octanol–water partition coefficient (Wildman–Crippen LogP) is 6.25. The van der Waals surface area contributed by atoms with E-state index in [1.165, 1.54) is 7.69 Å². The van der Waals surface area contributed by atoms with Gasteiger partial charge in [0.1, 0.15) is 34.9 Å². The van der Waals surface area contributed by atoms with Gasteiger partial charge in [0.05, 0.1) is 14.2 Å². The van der Waals surface area contributed by atoms with Crippen molar-refractivity contribution >= 4 is 19.9 Å². The molecule has 4 rings (SSSR count). The minimum absolute atomic E-state index is 0.0591. The van der Waals surface area contributed by atoms with Crippen LogP contribution in [0.1, 0.15) is 67.2 Å². The summed E-state index contributed by atoms with van der Waals surface area (Å²) >= 11 is 0. The average molecular weight is 656 g/mol. The molecule has 0 aliphatic carbocycles. The summed E-state index contributed by atoms with van der Waals surface area (Å²) in [5, 5.41) is 0. The number of ether oxygens (including phenoxy) is 6. The van der Waals surface area contributed by atoms with Crippen molar-refractivity contribution in [2.45, 2.75) is 90.6 Å². The number of likely N-dealkylation sites (tertiary alicyclic amines) is 2. The highest BCUT2D eigenvalue weighted by atomic mass is 16.6. The number of piperidine rings is 2. The Balaban J connectivity index is 1.23. The fourth-order valence-electron chi connectivity index (χ4n) is 5.10. The third kappa shape index (κ3) is 11.0. The summed E-state index contributed by atoms with van der Waals surface area (Å²) in [4.78, 5) is 28.1. The van der Waals surface area contributed by atoms with Crippen LogP contribution in [0.4, 0.5) is 9.59 Å². The molecule has 2 saturated heterocycles. The number of amides is 2. The number of rotatable bonds is 10. The lowest BCUT2D eigenvalue weighted by atomic mass is 10.1. The number of nitrogens with zero attached hydrogens (tertiary/aromatic N) is 2. The van der Waals surface area contributed by atoms with Crippen molar-refractivity contribution in [2.75, 3.05) is 40.4 Å². The van der Waals surface area contributed by atoms with Gasteiger partial charge in [0, 0.05) is 64.0 Å². The summed E-state index contributed by atoms with van der Waals surface area (Å²) in [6, 6.07) is 10.5. The van der Waals surface area contributed by atoms with Crippen LogP contribution in [-0.2, 0) is 9.47 Å². The minimum Gasteiger partial charge on any atom is -0.526 e. The van der Waals surface area contributed by atoms with Gasteiger partial charge < -0.3 is 47.5 Å². The fraction of sp³-hybridized carbons (Fsp3) is 0.588. The molecule has 2 amide bonds. The van der Waals surface area contributed by atoms with Crippen molar-refractivity contribution in [2.24, 2.45) is 0 Å². The lowest BCUT2D eigenvalue weighted by molar-refractivity contribution is 0.0113. The summed E-state index contributed by atoms with van der Waals surface area (Å²) in [5.41, 5.74) is -1.05. The molecule has 2 fully saturated rings. The van der Waals surface area contributed by atoms with E-state index in [2.05, 4.69) is 0 Å². The van der Waals surface area contributed by atoms with Crippen LogP contribution in [0, 0.1) is 0 Å². The molecule has 0 unspecified atom stereocenters. The molecule has 0 aromatic heterocycles. The molecule has 47 heavy (non-hydrogen) atoms. The Hall–Kier alpha value is -4.16. The van der Waals surface area contributed by atoms with E-state index in [4.69, 9.17) is 37.7 Å². The first-order valence-corrected chi connectivity index (χ1v) is 16.0. The van der Waals surface area contributed by atoms with Crippen molar-refractivity contribution in [3.63, 3.8) is 0 Å². The quantitative estimate of drug-likeness (QED) is 0.272.